The van der Waals surface area contributed by atoms with Gasteiger partial charge in [0, 0.05) is 13.5 Å². The first-order valence-corrected chi connectivity index (χ1v) is 4.29. The first-order chi connectivity index (χ1) is 5.61. The monoisotopic (exact) mass is 173 g/mol. The van der Waals surface area contributed by atoms with Gasteiger partial charge in [0.1, 0.15) is 0 Å². The van der Waals surface area contributed by atoms with Crippen molar-refractivity contribution in [2.75, 3.05) is 14.2 Å². The normalized spacial score (nSPS) is 17.2. The molecule has 0 heterocycles. The van der Waals surface area contributed by atoms with Gasteiger partial charge in [-0.2, -0.15) is 0 Å². The van der Waals surface area contributed by atoms with Crippen molar-refractivity contribution in [2.45, 2.75) is 39.3 Å². The predicted molar refractivity (Wildman–Crippen MR) is 50.4 cm³/mol. The molecule has 0 aromatic heterocycles. The van der Waals surface area contributed by atoms with Crippen molar-refractivity contribution < 1.29 is 9.47 Å². The molecular weight excluding hydrogens is 154 g/mol. The van der Waals surface area contributed by atoms with Gasteiger partial charge in [-0.25, -0.2) is 4.99 Å². The van der Waals surface area contributed by atoms with Crippen LogP contribution in [0.2, 0.25) is 0 Å². The predicted octanol–water partition coefficient (Wildman–Crippen LogP) is 2.21. The average Bonchev–Trinajstić information content (AvgIpc) is 2.14. The van der Waals surface area contributed by atoms with Gasteiger partial charge in [-0.15, -0.1) is 0 Å². The van der Waals surface area contributed by atoms with Crippen molar-refractivity contribution in [1.29, 1.82) is 0 Å². The van der Waals surface area contributed by atoms with Gasteiger partial charge < -0.3 is 9.47 Å². The van der Waals surface area contributed by atoms with E-state index in [1.54, 1.807) is 14.2 Å². The fraction of sp³-hybridized carbons (Fsp3) is 0.889. The Kier molecular flexibility index (Phi) is 4.90. The molecule has 0 fully saturated rings. The third kappa shape index (κ3) is 3.22. The lowest BCUT2D eigenvalue weighted by molar-refractivity contribution is 0.00888. The minimum absolute atomic E-state index is 0.429. The highest BCUT2D eigenvalue weighted by Gasteiger charge is 2.20. The second-order valence-electron chi connectivity index (χ2n) is 2.80. The second kappa shape index (κ2) is 5.14. The van der Waals surface area contributed by atoms with Gasteiger partial charge in [0.2, 0.25) is 0 Å². The molecule has 0 amide bonds. The van der Waals surface area contributed by atoms with E-state index in [9.17, 15) is 0 Å². The van der Waals surface area contributed by atoms with Crippen LogP contribution in [0, 0.1) is 0 Å². The van der Waals surface area contributed by atoms with Crippen LogP contribution in [-0.2, 0) is 9.47 Å². The Bertz CT molecular complexity index is 145. The van der Waals surface area contributed by atoms with Gasteiger partial charge in [0.25, 0.3) is 0 Å². The van der Waals surface area contributed by atoms with Gasteiger partial charge in [0.05, 0.1) is 7.11 Å². The molecule has 0 aliphatic heterocycles. The van der Waals surface area contributed by atoms with E-state index in [4.69, 9.17) is 9.47 Å². The summed E-state index contributed by atoms with van der Waals surface area (Å²) in [6.45, 7) is 5.99. The van der Waals surface area contributed by atoms with Crippen molar-refractivity contribution >= 4 is 5.90 Å². The molecule has 0 saturated carbocycles. The van der Waals surface area contributed by atoms with Crippen LogP contribution in [0.1, 0.15) is 33.6 Å². The van der Waals surface area contributed by atoms with Crippen molar-refractivity contribution in [2.24, 2.45) is 4.99 Å². The van der Waals surface area contributed by atoms with Crippen molar-refractivity contribution in [3.05, 3.63) is 0 Å². The second-order valence-corrected chi connectivity index (χ2v) is 2.80. The molecule has 0 bridgehead atoms. The summed E-state index contributed by atoms with van der Waals surface area (Å²) in [6, 6.07) is 0. The molecule has 72 valence electrons. The minimum Gasteiger partial charge on any atom is -0.484 e. The highest BCUT2D eigenvalue weighted by Crippen LogP contribution is 2.16. The molecule has 0 aromatic carbocycles. The van der Waals surface area contributed by atoms with Gasteiger partial charge in [-0.05, 0) is 13.3 Å². The lowest BCUT2D eigenvalue weighted by Gasteiger charge is -2.22. The van der Waals surface area contributed by atoms with E-state index in [0.717, 1.165) is 18.7 Å². The fourth-order valence-corrected chi connectivity index (χ4v) is 0.802. The molecular formula is C9H19NO2. The molecule has 1 atom stereocenters. The number of hydrogen-bond acceptors (Lipinski definition) is 3. The van der Waals surface area contributed by atoms with E-state index in [-0.39, 0.29) is 0 Å². The van der Waals surface area contributed by atoms with E-state index in [2.05, 4.69) is 4.99 Å². The molecule has 0 saturated heterocycles. The molecule has 0 aromatic rings. The summed E-state index contributed by atoms with van der Waals surface area (Å²) in [6.07, 6.45) is 1.64. The van der Waals surface area contributed by atoms with Crippen LogP contribution in [0.5, 0.6) is 0 Å². The Morgan fingerprint density at radius 1 is 1.33 bits per heavy atom. The Morgan fingerprint density at radius 3 is 2.17 bits per heavy atom. The number of ether oxygens (including phenoxy) is 2. The summed E-state index contributed by atoms with van der Waals surface area (Å²) in [7, 11) is 3.30. The Hall–Kier alpha value is -0.570. The lowest BCUT2D eigenvalue weighted by atomic mass is 10.2. The van der Waals surface area contributed by atoms with Gasteiger partial charge in [-0.3, -0.25) is 0 Å². The molecule has 3 heteroatoms. The van der Waals surface area contributed by atoms with Crippen LogP contribution >= 0.6 is 0 Å². The standard InChI is InChI=1S/C9H19NO2/c1-6-8(11-4)10-9(3,7-2)12-5/h6-7H2,1-5H3. The van der Waals surface area contributed by atoms with E-state index in [1.165, 1.54) is 0 Å². The molecule has 0 spiro atoms. The molecule has 12 heavy (non-hydrogen) atoms. The van der Waals surface area contributed by atoms with E-state index < -0.39 is 5.72 Å². The molecule has 0 aliphatic rings. The van der Waals surface area contributed by atoms with E-state index >= 15 is 0 Å². The van der Waals surface area contributed by atoms with Crippen molar-refractivity contribution in [3.8, 4) is 0 Å². The average molecular weight is 173 g/mol. The summed E-state index contributed by atoms with van der Waals surface area (Å²) in [5, 5.41) is 0. The summed E-state index contributed by atoms with van der Waals surface area (Å²) < 4.78 is 10.3. The van der Waals surface area contributed by atoms with Crippen LogP contribution in [0.25, 0.3) is 0 Å². The highest BCUT2D eigenvalue weighted by atomic mass is 16.5. The van der Waals surface area contributed by atoms with Crippen LogP contribution in [0.4, 0.5) is 0 Å². The summed E-state index contributed by atoms with van der Waals surface area (Å²) >= 11 is 0. The Labute approximate surface area is 74.8 Å². The third-order valence-corrected chi connectivity index (χ3v) is 2.00. The maximum absolute atomic E-state index is 5.25. The van der Waals surface area contributed by atoms with Crippen molar-refractivity contribution in [3.63, 3.8) is 0 Å². The number of methoxy groups -OCH3 is 2. The van der Waals surface area contributed by atoms with Gasteiger partial charge >= 0.3 is 0 Å². The summed E-state index contributed by atoms with van der Waals surface area (Å²) in [5.41, 5.74) is -0.429. The van der Waals surface area contributed by atoms with E-state index in [0.29, 0.717) is 0 Å². The zero-order valence-electron chi connectivity index (χ0n) is 8.68. The van der Waals surface area contributed by atoms with Crippen LogP contribution in [0.3, 0.4) is 0 Å². The smallest absolute Gasteiger partial charge is 0.185 e. The van der Waals surface area contributed by atoms with Crippen LogP contribution in [0.15, 0.2) is 4.99 Å². The number of nitrogens with zero attached hydrogens (tertiary/aromatic N) is 1. The zero-order chi connectivity index (χ0) is 9.61. The maximum atomic E-state index is 5.25. The largest absolute Gasteiger partial charge is 0.484 e. The Morgan fingerprint density at radius 2 is 1.92 bits per heavy atom. The molecule has 0 radical (unpaired) electrons. The van der Waals surface area contributed by atoms with Crippen LogP contribution in [-0.4, -0.2) is 25.8 Å². The van der Waals surface area contributed by atoms with Gasteiger partial charge in [0.15, 0.2) is 11.6 Å². The highest BCUT2D eigenvalue weighted by molar-refractivity contribution is 5.75. The van der Waals surface area contributed by atoms with Gasteiger partial charge in [-0.1, -0.05) is 13.8 Å². The SMILES string of the molecule is CCC(=NC(C)(CC)OC)OC. The first kappa shape index (κ1) is 11.4. The third-order valence-electron chi connectivity index (χ3n) is 2.00. The number of rotatable bonds is 4. The lowest BCUT2D eigenvalue weighted by Crippen LogP contribution is -2.25. The minimum atomic E-state index is -0.429. The fourth-order valence-electron chi connectivity index (χ4n) is 0.802. The molecule has 1 unspecified atom stereocenters. The topological polar surface area (TPSA) is 30.8 Å². The maximum Gasteiger partial charge on any atom is 0.185 e. The van der Waals surface area contributed by atoms with E-state index in [1.807, 2.05) is 20.8 Å². The molecule has 3 nitrogen and oxygen atoms in total. The van der Waals surface area contributed by atoms with Crippen LogP contribution < -0.4 is 0 Å². The summed E-state index contributed by atoms with van der Waals surface area (Å²) in [5.74, 6) is 0.737. The molecule has 0 aliphatic carbocycles. The first-order valence-electron chi connectivity index (χ1n) is 4.29. The number of aliphatic imine (C=N–C) groups is 1. The quantitative estimate of drug-likeness (QED) is 0.482. The summed E-state index contributed by atoms with van der Waals surface area (Å²) in [4.78, 5) is 4.35. The van der Waals surface area contributed by atoms with Crippen molar-refractivity contribution in [1.82, 2.24) is 0 Å². The molecule has 0 rings (SSSR count). The number of hydrogen-bond donors (Lipinski definition) is 0. The molecule has 0 N–H and O–H groups in total. The zero-order valence-corrected chi connectivity index (χ0v) is 8.68. The Balaban J connectivity index is 4.42.